The molecule has 0 saturated heterocycles. The zero-order valence-corrected chi connectivity index (χ0v) is 7.97. The fourth-order valence-electron chi connectivity index (χ4n) is 1.25. The van der Waals surface area contributed by atoms with E-state index in [0.29, 0.717) is 6.54 Å². The lowest BCUT2D eigenvalue weighted by atomic mass is 10.2. The number of hydrogen-bond donors (Lipinski definition) is 1. The Hall–Kier alpha value is -0.800. The van der Waals surface area contributed by atoms with Crippen molar-refractivity contribution in [1.82, 2.24) is 0 Å². The summed E-state index contributed by atoms with van der Waals surface area (Å²) in [6.45, 7) is 0.517. The highest BCUT2D eigenvalue weighted by Gasteiger charge is 2.12. The lowest BCUT2D eigenvalue weighted by Gasteiger charge is -2.01. The van der Waals surface area contributed by atoms with Crippen LogP contribution in [0.3, 0.4) is 0 Å². The van der Waals surface area contributed by atoms with Gasteiger partial charge in [0.2, 0.25) is 0 Å². The molecule has 0 saturated carbocycles. The third-order valence-electron chi connectivity index (χ3n) is 1.86. The first-order valence-corrected chi connectivity index (χ1v) is 4.47. The minimum atomic E-state index is 0.517. The molecule has 1 aliphatic carbocycles. The largest absolute Gasteiger partial charge is 0.464 e. The molecule has 3 heteroatoms. The van der Waals surface area contributed by atoms with Crippen LogP contribution in [0, 0.1) is 0 Å². The maximum atomic E-state index is 5.54. The van der Waals surface area contributed by atoms with Crippen LogP contribution in [-0.4, -0.2) is 0 Å². The Morgan fingerprint density at radius 3 is 2.92 bits per heavy atom. The lowest BCUT2D eigenvalue weighted by Crippen LogP contribution is -1.95. The van der Waals surface area contributed by atoms with Gasteiger partial charge in [0.1, 0.15) is 5.76 Å². The van der Waals surface area contributed by atoms with Crippen LogP contribution in [0.4, 0.5) is 0 Å². The Balaban J connectivity index is 2.67. The zero-order valence-electron chi connectivity index (χ0n) is 6.38. The second-order valence-corrected chi connectivity index (χ2v) is 3.43. The van der Waals surface area contributed by atoms with Gasteiger partial charge in [0.25, 0.3) is 0 Å². The van der Waals surface area contributed by atoms with Crippen molar-refractivity contribution in [1.29, 1.82) is 0 Å². The molecule has 0 unspecified atom stereocenters. The quantitative estimate of drug-likeness (QED) is 0.811. The van der Waals surface area contributed by atoms with Crippen LogP contribution < -0.4 is 5.73 Å². The standard InChI is InChI=1S/C9H8BrNO/c10-8-3-4-12-9-6(5-11)1-2-7(8)9/h1-4H,5,11H2. The van der Waals surface area contributed by atoms with Crippen molar-refractivity contribution in [2.75, 3.05) is 0 Å². The van der Waals surface area contributed by atoms with Crippen LogP contribution in [0.2, 0.25) is 0 Å². The van der Waals surface area contributed by atoms with E-state index in [1.807, 2.05) is 18.2 Å². The van der Waals surface area contributed by atoms with Gasteiger partial charge in [0.15, 0.2) is 0 Å². The van der Waals surface area contributed by atoms with E-state index in [1.165, 1.54) is 0 Å². The highest BCUT2D eigenvalue weighted by molar-refractivity contribution is 9.10. The fraction of sp³-hybridized carbons (Fsp3) is 0.111. The average molecular weight is 226 g/mol. The summed E-state index contributed by atoms with van der Waals surface area (Å²) in [6.07, 6.45) is 1.66. The molecule has 62 valence electrons. The third kappa shape index (κ3) is 1.06. The van der Waals surface area contributed by atoms with E-state index in [1.54, 1.807) is 6.26 Å². The Kier molecular flexibility index (Phi) is 1.90. The van der Waals surface area contributed by atoms with Crippen molar-refractivity contribution < 1.29 is 4.42 Å². The normalized spacial score (nSPS) is 10.8. The number of fused-ring (bicyclic) bond motifs is 1. The molecule has 2 aliphatic rings. The van der Waals surface area contributed by atoms with Gasteiger partial charge >= 0.3 is 0 Å². The Morgan fingerprint density at radius 1 is 1.33 bits per heavy atom. The number of halogens is 1. The minimum Gasteiger partial charge on any atom is -0.464 e. The molecule has 0 aromatic rings. The predicted octanol–water partition coefficient (Wildman–Crippen LogP) is 2.61. The number of hydrogen-bond acceptors (Lipinski definition) is 2. The van der Waals surface area contributed by atoms with Crippen LogP contribution in [-0.2, 0) is 6.54 Å². The molecule has 2 rings (SSSR count). The summed E-state index contributed by atoms with van der Waals surface area (Å²) >= 11 is 3.44. The highest BCUT2D eigenvalue weighted by atomic mass is 79.9. The topological polar surface area (TPSA) is 39.2 Å². The molecule has 0 amide bonds. The molecule has 0 spiro atoms. The van der Waals surface area contributed by atoms with Crippen LogP contribution in [0.25, 0.3) is 11.3 Å². The van der Waals surface area contributed by atoms with Gasteiger partial charge in [-0.25, -0.2) is 0 Å². The predicted molar refractivity (Wildman–Crippen MR) is 50.9 cm³/mol. The number of nitrogens with two attached hydrogens (primary N) is 1. The summed E-state index contributed by atoms with van der Waals surface area (Å²) in [7, 11) is 0. The molecule has 2 N–H and O–H groups in total. The Morgan fingerprint density at radius 2 is 2.17 bits per heavy atom. The Bertz CT molecular complexity index is 369. The maximum absolute atomic E-state index is 5.54. The van der Waals surface area contributed by atoms with Gasteiger partial charge in [0, 0.05) is 22.1 Å². The van der Waals surface area contributed by atoms with Gasteiger partial charge in [-0.15, -0.1) is 0 Å². The van der Waals surface area contributed by atoms with E-state index >= 15 is 0 Å². The van der Waals surface area contributed by atoms with Crippen molar-refractivity contribution in [2.24, 2.45) is 5.73 Å². The van der Waals surface area contributed by atoms with Crippen molar-refractivity contribution in [2.45, 2.75) is 6.54 Å². The summed E-state index contributed by atoms with van der Waals surface area (Å²) < 4.78 is 6.39. The van der Waals surface area contributed by atoms with Gasteiger partial charge in [-0.3, -0.25) is 0 Å². The average Bonchev–Trinajstić information content (AvgIpc) is 2.49. The molecule has 0 radical (unpaired) electrons. The summed E-state index contributed by atoms with van der Waals surface area (Å²) in [5, 5.41) is 0. The van der Waals surface area contributed by atoms with Gasteiger partial charge in [-0.05, 0) is 28.1 Å². The van der Waals surface area contributed by atoms with Crippen LogP contribution in [0.1, 0.15) is 5.56 Å². The van der Waals surface area contributed by atoms with E-state index < -0.39 is 0 Å². The van der Waals surface area contributed by atoms with Gasteiger partial charge < -0.3 is 10.2 Å². The molecule has 1 aliphatic heterocycles. The first-order valence-electron chi connectivity index (χ1n) is 3.67. The maximum Gasteiger partial charge on any atom is 0.139 e. The van der Waals surface area contributed by atoms with Crippen LogP contribution in [0.15, 0.2) is 33.4 Å². The Labute approximate surface area is 78.8 Å². The second-order valence-electron chi connectivity index (χ2n) is 2.57. The highest BCUT2D eigenvalue weighted by Crippen LogP contribution is 2.33. The van der Waals surface area contributed by atoms with Gasteiger partial charge in [-0.2, -0.15) is 0 Å². The lowest BCUT2D eigenvalue weighted by molar-refractivity contribution is 0.560. The van der Waals surface area contributed by atoms with Crippen LogP contribution in [0.5, 0.6) is 0 Å². The zero-order chi connectivity index (χ0) is 8.55. The molecule has 0 aromatic carbocycles. The molecule has 1 heterocycles. The fourth-order valence-corrected chi connectivity index (χ4v) is 1.67. The first kappa shape index (κ1) is 7.83. The van der Waals surface area contributed by atoms with E-state index in [9.17, 15) is 0 Å². The van der Waals surface area contributed by atoms with E-state index in [4.69, 9.17) is 10.2 Å². The molecule has 0 atom stereocenters. The number of rotatable bonds is 1. The van der Waals surface area contributed by atoms with Crippen molar-refractivity contribution in [3.8, 4) is 11.3 Å². The SMILES string of the molecule is NCc1ccc2c(Br)ccoc1-2. The van der Waals surface area contributed by atoms with E-state index in [2.05, 4.69) is 15.9 Å². The third-order valence-corrected chi connectivity index (χ3v) is 2.56. The molecule has 0 fully saturated rings. The van der Waals surface area contributed by atoms with Crippen molar-refractivity contribution >= 4 is 15.9 Å². The van der Waals surface area contributed by atoms with Crippen molar-refractivity contribution in [3.05, 3.63) is 34.5 Å². The molecule has 2 nitrogen and oxygen atoms in total. The van der Waals surface area contributed by atoms with E-state index in [-0.39, 0.29) is 0 Å². The summed E-state index contributed by atoms with van der Waals surface area (Å²) in [5.41, 5.74) is 7.66. The second kappa shape index (κ2) is 2.92. The minimum absolute atomic E-state index is 0.517. The molecule has 12 heavy (non-hydrogen) atoms. The van der Waals surface area contributed by atoms with Gasteiger partial charge in [0.05, 0.1) is 6.26 Å². The summed E-state index contributed by atoms with van der Waals surface area (Å²) in [4.78, 5) is 0. The molecule has 0 aromatic heterocycles. The molecule has 0 bridgehead atoms. The molecular formula is C9H8BrNO. The van der Waals surface area contributed by atoms with Crippen molar-refractivity contribution in [3.63, 3.8) is 0 Å². The summed E-state index contributed by atoms with van der Waals surface area (Å²) in [6, 6.07) is 5.87. The first-order chi connectivity index (χ1) is 5.83. The van der Waals surface area contributed by atoms with Crippen LogP contribution >= 0.6 is 15.9 Å². The van der Waals surface area contributed by atoms with E-state index in [0.717, 1.165) is 21.4 Å². The molecular weight excluding hydrogens is 218 g/mol. The monoisotopic (exact) mass is 225 g/mol. The van der Waals surface area contributed by atoms with Gasteiger partial charge in [-0.1, -0.05) is 6.07 Å². The smallest absolute Gasteiger partial charge is 0.139 e. The summed E-state index contributed by atoms with van der Waals surface area (Å²) in [5.74, 6) is 0.881.